The smallest absolute Gasteiger partial charge is 0.183 e. The van der Waals surface area contributed by atoms with Gasteiger partial charge in [-0.05, 0) is 38.8 Å². The highest BCUT2D eigenvalue weighted by atomic mass is 16.5. The largest absolute Gasteiger partial charge is 0.495 e. The Balaban J connectivity index is 1.73. The van der Waals surface area contributed by atoms with E-state index in [1.54, 1.807) is 14.0 Å². The van der Waals surface area contributed by atoms with Crippen molar-refractivity contribution in [3.8, 4) is 5.75 Å². The number of piperazine rings is 1. The molecule has 2 aromatic rings. The van der Waals surface area contributed by atoms with Gasteiger partial charge in [0.2, 0.25) is 0 Å². The number of carbonyl (C=O) groups excluding carboxylic acids is 1. The predicted molar refractivity (Wildman–Crippen MR) is 119 cm³/mol. The van der Waals surface area contributed by atoms with Gasteiger partial charge in [0, 0.05) is 43.3 Å². The fourth-order valence-electron chi connectivity index (χ4n) is 5.27. The Kier molecular flexibility index (Phi) is 6.46. The van der Waals surface area contributed by atoms with Crippen LogP contribution in [0.4, 0.5) is 0 Å². The Morgan fingerprint density at radius 2 is 2.00 bits per heavy atom. The molecule has 4 rings (SSSR count). The molecular formula is C24H35N3O3. The molecule has 1 aliphatic heterocycles. The Morgan fingerprint density at radius 3 is 2.70 bits per heavy atom. The number of rotatable bonds is 6. The number of nitrogens with zero attached hydrogens (tertiary/aromatic N) is 3. The minimum atomic E-state index is -0.641. The molecule has 1 saturated heterocycles. The summed E-state index contributed by atoms with van der Waals surface area (Å²) >= 11 is 0. The molecule has 1 aromatic heterocycles. The number of ketones is 1. The first-order chi connectivity index (χ1) is 14.5. The van der Waals surface area contributed by atoms with E-state index in [0.717, 1.165) is 35.3 Å². The third-order valence-corrected chi connectivity index (χ3v) is 6.93. The molecule has 1 aliphatic carbocycles. The highest BCUT2D eigenvalue weighted by molar-refractivity contribution is 6.11. The van der Waals surface area contributed by atoms with Crippen molar-refractivity contribution in [2.75, 3.05) is 33.8 Å². The van der Waals surface area contributed by atoms with E-state index in [1.807, 2.05) is 36.3 Å². The van der Waals surface area contributed by atoms with Crippen molar-refractivity contribution in [3.05, 3.63) is 30.0 Å². The fraction of sp³-hybridized carbons (Fsp3) is 0.625. The van der Waals surface area contributed by atoms with Crippen LogP contribution in [0.2, 0.25) is 0 Å². The van der Waals surface area contributed by atoms with Gasteiger partial charge in [-0.15, -0.1) is 0 Å². The van der Waals surface area contributed by atoms with Gasteiger partial charge >= 0.3 is 0 Å². The zero-order valence-corrected chi connectivity index (χ0v) is 18.5. The van der Waals surface area contributed by atoms with Crippen LogP contribution in [0.25, 0.3) is 10.9 Å². The lowest BCUT2D eigenvalue weighted by molar-refractivity contribution is -0.0357. The molecule has 2 fully saturated rings. The van der Waals surface area contributed by atoms with Crippen molar-refractivity contribution < 1.29 is 14.6 Å². The second-order valence-corrected chi connectivity index (χ2v) is 9.07. The molecule has 6 nitrogen and oxygen atoms in total. The average Bonchev–Trinajstić information content (AvgIpc) is 3.12. The molecule has 164 valence electrons. The predicted octanol–water partition coefficient (Wildman–Crippen LogP) is 3.37. The van der Waals surface area contributed by atoms with E-state index in [0.29, 0.717) is 19.0 Å². The molecule has 0 bridgehead atoms. The summed E-state index contributed by atoms with van der Waals surface area (Å²) in [7, 11) is 3.73. The standard InChI is InChI=1S/C24H35N3O3/c1-17(28)27-13-12-25(2)16-21(27)24(29)20-15-26(14-18-8-5-4-6-9-18)23-19(20)10-7-11-22(23)30-3/h7,10-11,15,17-18,21,28H,4-6,8-9,12-14,16H2,1-3H3. The van der Waals surface area contributed by atoms with Crippen molar-refractivity contribution in [2.45, 2.75) is 57.8 Å². The highest BCUT2D eigenvalue weighted by Crippen LogP contribution is 2.34. The van der Waals surface area contributed by atoms with Crippen LogP contribution in [0.5, 0.6) is 5.75 Å². The van der Waals surface area contributed by atoms with Crippen molar-refractivity contribution in [1.29, 1.82) is 0 Å². The number of carbonyl (C=O) groups is 1. The number of hydrogen-bond acceptors (Lipinski definition) is 5. The normalized spacial score (nSPS) is 23.0. The molecule has 30 heavy (non-hydrogen) atoms. The number of aliphatic hydroxyl groups is 1. The van der Waals surface area contributed by atoms with E-state index in [-0.39, 0.29) is 11.8 Å². The van der Waals surface area contributed by atoms with E-state index >= 15 is 0 Å². The topological polar surface area (TPSA) is 57.9 Å². The number of hydrogen-bond donors (Lipinski definition) is 1. The summed E-state index contributed by atoms with van der Waals surface area (Å²) in [6.07, 6.45) is 7.83. The van der Waals surface area contributed by atoms with Gasteiger partial charge < -0.3 is 19.3 Å². The van der Waals surface area contributed by atoms with E-state index in [4.69, 9.17) is 4.74 Å². The summed E-state index contributed by atoms with van der Waals surface area (Å²) in [5.74, 6) is 1.55. The molecular weight excluding hydrogens is 378 g/mol. The van der Waals surface area contributed by atoms with Crippen LogP contribution >= 0.6 is 0 Å². The summed E-state index contributed by atoms with van der Waals surface area (Å²) in [6.45, 7) is 4.85. The van der Waals surface area contributed by atoms with Gasteiger partial charge in [0.15, 0.2) is 5.78 Å². The number of aliphatic hydroxyl groups excluding tert-OH is 1. The second kappa shape index (κ2) is 9.08. The Bertz CT molecular complexity index is 885. The highest BCUT2D eigenvalue weighted by Gasteiger charge is 2.35. The lowest BCUT2D eigenvalue weighted by atomic mass is 9.89. The Hall–Kier alpha value is -1.89. The third kappa shape index (κ3) is 4.13. The molecule has 0 spiro atoms. The maximum atomic E-state index is 13.7. The summed E-state index contributed by atoms with van der Waals surface area (Å²) in [5, 5.41) is 11.2. The van der Waals surface area contributed by atoms with E-state index in [9.17, 15) is 9.90 Å². The van der Waals surface area contributed by atoms with Gasteiger partial charge in [-0.3, -0.25) is 9.69 Å². The van der Waals surface area contributed by atoms with Crippen LogP contribution < -0.4 is 4.74 Å². The van der Waals surface area contributed by atoms with E-state index in [2.05, 4.69) is 9.47 Å². The SMILES string of the molecule is COc1cccc2c(C(=O)C3CN(C)CCN3C(C)O)cn(CC3CCCCC3)c12. The van der Waals surface area contributed by atoms with Crippen molar-refractivity contribution in [1.82, 2.24) is 14.4 Å². The van der Waals surface area contributed by atoms with Crippen LogP contribution in [-0.2, 0) is 6.54 Å². The van der Waals surface area contributed by atoms with Crippen molar-refractivity contribution in [2.24, 2.45) is 5.92 Å². The molecule has 2 atom stereocenters. The molecule has 1 saturated carbocycles. The maximum Gasteiger partial charge on any atom is 0.183 e. The molecule has 1 aromatic carbocycles. The van der Waals surface area contributed by atoms with Crippen LogP contribution in [0, 0.1) is 5.92 Å². The third-order valence-electron chi connectivity index (χ3n) is 6.93. The summed E-state index contributed by atoms with van der Waals surface area (Å²) < 4.78 is 7.93. The molecule has 2 heterocycles. The summed E-state index contributed by atoms with van der Waals surface area (Å²) in [6, 6.07) is 5.62. The zero-order chi connectivity index (χ0) is 21.3. The number of Topliss-reactive ketones (excluding diaryl/α,β-unsaturated/α-hetero) is 1. The molecule has 1 N–H and O–H groups in total. The van der Waals surface area contributed by atoms with E-state index in [1.165, 1.54) is 32.1 Å². The van der Waals surface area contributed by atoms with Crippen LogP contribution in [0.1, 0.15) is 49.4 Å². The quantitative estimate of drug-likeness (QED) is 0.736. The minimum Gasteiger partial charge on any atom is -0.495 e. The zero-order valence-electron chi connectivity index (χ0n) is 18.5. The van der Waals surface area contributed by atoms with Crippen LogP contribution in [0.3, 0.4) is 0 Å². The number of methoxy groups -OCH3 is 1. The lowest BCUT2D eigenvalue weighted by Gasteiger charge is -2.40. The number of likely N-dealkylation sites (N-methyl/N-ethyl adjacent to an activating group) is 1. The molecule has 0 radical (unpaired) electrons. The van der Waals surface area contributed by atoms with Gasteiger partial charge in [0.25, 0.3) is 0 Å². The number of aromatic nitrogens is 1. The summed E-state index contributed by atoms with van der Waals surface area (Å²) in [5.41, 5.74) is 1.76. The monoisotopic (exact) mass is 413 g/mol. The molecule has 0 amide bonds. The van der Waals surface area contributed by atoms with Crippen LogP contribution in [0.15, 0.2) is 24.4 Å². The molecule has 2 unspecified atom stereocenters. The Labute approximate surface area is 179 Å². The minimum absolute atomic E-state index is 0.0862. The van der Waals surface area contributed by atoms with Gasteiger partial charge in [-0.2, -0.15) is 0 Å². The van der Waals surface area contributed by atoms with Gasteiger partial charge in [-0.1, -0.05) is 31.4 Å². The number of para-hydroxylation sites is 1. The van der Waals surface area contributed by atoms with Crippen molar-refractivity contribution >= 4 is 16.7 Å². The van der Waals surface area contributed by atoms with Crippen molar-refractivity contribution in [3.63, 3.8) is 0 Å². The van der Waals surface area contributed by atoms with Gasteiger partial charge in [-0.25, -0.2) is 0 Å². The maximum absolute atomic E-state index is 13.7. The lowest BCUT2D eigenvalue weighted by Crippen LogP contribution is -2.58. The molecule has 6 heteroatoms. The number of benzene rings is 1. The first-order valence-electron chi connectivity index (χ1n) is 11.3. The summed E-state index contributed by atoms with van der Waals surface area (Å²) in [4.78, 5) is 17.8. The second-order valence-electron chi connectivity index (χ2n) is 9.07. The van der Waals surface area contributed by atoms with E-state index < -0.39 is 6.23 Å². The van der Waals surface area contributed by atoms with Crippen LogP contribution in [-0.4, -0.2) is 71.3 Å². The Morgan fingerprint density at radius 1 is 1.23 bits per heavy atom. The molecule has 2 aliphatic rings. The average molecular weight is 414 g/mol. The fourth-order valence-corrected chi connectivity index (χ4v) is 5.27. The first-order valence-corrected chi connectivity index (χ1v) is 11.3. The van der Waals surface area contributed by atoms with Gasteiger partial charge in [0.05, 0.1) is 18.7 Å². The number of ether oxygens (including phenoxy) is 1. The number of fused-ring (bicyclic) bond motifs is 1. The first kappa shape index (κ1) is 21.3. The van der Waals surface area contributed by atoms with Gasteiger partial charge in [0.1, 0.15) is 12.0 Å².